The number of likely N-dealkylation sites (tertiary alicyclic amines) is 1. The Morgan fingerprint density at radius 2 is 1.96 bits per heavy atom. The Balaban J connectivity index is 1.86. The minimum absolute atomic E-state index is 0.0708. The number of anilines is 1. The van der Waals surface area contributed by atoms with E-state index in [0.29, 0.717) is 24.3 Å². The highest BCUT2D eigenvalue weighted by Gasteiger charge is 2.27. The second-order valence-electron chi connectivity index (χ2n) is 6.78. The van der Waals surface area contributed by atoms with Crippen molar-refractivity contribution >= 4 is 17.3 Å². The summed E-state index contributed by atoms with van der Waals surface area (Å²) < 4.78 is 0. The number of nitrogens with one attached hydrogen (secondary N) is 2. The number of carbonyl (C=O) groups is 1. The number of nitrogens with zero attached hydrogens (tertiary/aromatic N) is 2. The van der Waals surface area contributed by atoms with Crippen molar-refractivity contribution in [2.75, 3.05) is 18.4 Å². The van der Waals surface area contributed by atoms with Crippen LogP contribution in [0, 0.1) is 24.0 Å². The molecule has 0 saturated carbocycles. The molecule has 2 aromatic rings. The maximum absolute atomic E-state index is 12.7. The fourth-order valence-electron chi connectivity index (χ4n) is 3.36. The molecule has 8 nitrogen and oxygen atoms in total. The molecule has 1 aromatic heterocycles. The number of amides is 1. The largest absolute Gasteiger partial charge is 0.381 e. The monoisotopic (exact) mass is 370 g/mol. The molecule has 0 radical (unpaired) electrons. The fourth-order valence-corrected chi connectivity index (χ4v) is 3.36. The van der Waals surface area contributed by atoms with Gasteiger partial charge in [0.2, 0.25) is 0 Å². The van der Waals surface area contributed by atoms with E-state index in [1.165, 1.54) is 12.1 Å². The summed E-state index contributed by atoms with van der Waals surface area (Å²) in [6.07, 6.45) is 1.82. The van der Waals surface area contributed by atoms with Gasteiger partial charge in [0.15, 0.2) is 0 Å². The van der Waals surface area contributed by atoms with E-state index in [9.17, 15) is 19.7 Å². The van der Waals surface area contributed by atoms with E-state index >= 15 is 0 Å². The lowest BCUT2D eigenvalue weighted by Crippen LogP contribution is -2.28. The molecule has 2 heterocycles. The smallest absolute Gasteiger partial charge is 0.282 e. The van der Waals surface area contributed by atoms with Crippen LogP contribution < -0.4 is 10.9 Å². The highest BCUT2D eigenvalue weighted by molar-refractivity contribution is 5.99. The van der Waals surface area contributed by atoms with Crippen LogP contribution in [0.3, 0.4) is 0 Å². The van der Waals surface area contributed by atoms with Gasteiger partial charge in [-0.3, -0.25) is 19.7 Å². The van der Waals surface area contributed by atoms with Crippen LogP contribution >= 0.6 is 0 Å². The van der Waals surface area contributed by atoms with E-state index in [1.54, 1.807) is 11.0 Å². The number of rotatable bonds is 5. The predicted octanol–water partition coefficient (Wildman–Crippen LogP) is 2.75. The van der Waals surface area contributed by atoms with Crippen LogP contribution in [-0.2, 0) is 6.54 Å². The first-order chi connectivity index (χ1) is 12.9. The molecule has 0 spiro atoms. The van der Waals surface area contributed by atoms with Crippen molar-refractivity contribution in [3.8, 4) is 0 Å². The summed E-state index contributed by atoms with van der Waals surface area (Å²) in [6, 6.07) is 6.27. The Hall–Kier alpha value is -3.16. The van der Waals surface area contributed by atoms with Crippen LogP contribution in [0.4, 0.5) is 11.4 Å². The predicted molar refractivity (Wildman–Crippen MR) is 102 cm³/mol. The van der Waals surface area contributed by atoms with Crippen molar-refractivity contribution in [3.05, 3.63) is 67.1 Å². The third-order valence-corrected chi connectivity index (χ3v) is 4.78. The lowest BCUT2D eigenvalue weighted by atomic mass is 10.1. The molecule has 0 unspecified atom stereocenters. The number of nitro groups is 1. The number of aromatic amines is 1. The van der Waals surface area contributed by atoms with Crippen LogP contribution in [0.1, 0.15) is 40.0 Å². The molecule has 0 aliphatic carbocycles. The molecule has 142 valence electrons. The Morgan fingerprint density at radius 1 is 1.26 bits per heavy atom. The van der Waals surface area contributed by atoms with Crippen LogP contribution in [0.15, 0.2) is 29.1 Å². The van der Waals surface area contributed by atoms with Gasteiger partial charge in [-0.1, -0.05) is 0 Å². The van der Waals surface area contributed by atoms with Gasteiger partial charge in [-0.25, -0.2) is 0 Å². The van der Waals surface area contributed by atoms with Gasteiger partial charge in [0, 0.05) is 42.6 Å². The van der Waals surface area contributed by atoms with Gasteiger partial charge in [-0.15, -0.1) is 0 Å². The number of carbonyl (C=O) groups excluding carboxylic acids is 1. The van der Waals surface area contributed by atoms with E-state index in [-0.39, 0.29) is 29.3 Å². The molecule has 1 saturated heterocycles. The zero-order chi connectivity index (χ0) is 19.6. The third kappa shape index (κ3) is 3.99. The van der Waals surface area contributed by atoms with Crippen LogP contribution in [0.5, 0.6) is 0 Å². The first-order valence-corrected chi connectivity index (χ1v) is 8.88. The summed E-state index contributed by atoms with van der Waals surface area (Å²) in [6.45, 7) is 5.17. The average Bonchev–Trinajstić information content (AvgIpc) is 3.14. The quantitative estimate of drug-likeness (QED) is 0.621. The number of pyridine rings is 1. The van der Waals surface area contributed by atoms with Gasteiger partial charge in [0.05, 0.1) is 4.92 Å². The van der Waals surface area contributed by atoms with Gasteiger partial charge in [-0.05, 0) is 50.5 Å². The number of hydrogen-bond acceptors (Lipinski definition) is 5. The second-order valence-corrected chi connectivity index (χ2v) is 6.78. The number of aryl methyl sites for hydroxylation is 2. The normalized spacial score (nSPS) is 13.6. The number of benzene rings is 1. The molecule has 1 fully saturated rings. The molecule has 3 rings (SSSR count). The first kappa shape index (κ1) is 18.6. The van der Waals surface area contributed by atoms with E-state index in [1.807, 2.05) is 19.9 Å². The van der Waals surface area contributed by atoms with Gasteiger partial charge < -0.3 is 15.2 Å². The molecule has 1 amide bonds. The van der Waals surface area contributed by atoms with Crippen molar-refractivity contribution in [3.63, 3.8) is 0 Å². The summed E-state index contributed by atoms with van der Waals surface area (Å²) in [5, 5.41) is 14.4. The average molecular weight is 370 g/mol. The molecule has 8 heteroatoms. The molecular formula is C19H22N4O4. The molecular weight excluding hydrogens is 348 g/mol. The highest BCUT2D eigenvalue weighted by Crippen LogP contribution is 2.26. The summed E-state index contributed by atoms with van der Waals surface area (Å²) in [4.78, 5) is 40.0. The molecule has 0 bridgehead atoms. The maximum atomic E-state index is 12.7. The van der Waals surface area contributed by atoms with E-state index in [0.717, 1.165) is 24.1 Å². The number of hydrogen-bond donors (Lipinski definition) is 2. The van der Waals surface area contributed by atoms with Crippen molar-refractivity contribution in [1.82, 2.24) is 9.88 Å². The van der Waals surface area contributed by atoms with Gasteiger partial charge in [0.25, 0.3) is 17.2 Å². The van der Waals surface area contributed by atoms with E-state index in [2.05, 4.69) is 10.3 Å². The van der Waals surface area contributed by atoms with Crippen LogP contribution in [0.2, 0.25) is 0 Å². The van der Waals surface area contributed by atoms with Crippen molar-refractivity contribution < 1.29 is 9.72 Å². The summed E-state index contributed by atoms with van der Waals surface area (Å²) in [5.74, 6) is -0.327. The molecule has 1 aromatic carbocycles. The zero-order valence-corrected chi connectivity index (χ0v) is 15.4. The van der Waals surface area contributed by atoms with Gasteiger partial charge in [-0.2, -0.15) is 0 Å². The Kier molecular flexibility index (Phi) is 5.25. The molecule has 1 aliphatic heterocycles. The summed E-state index contributed by atoms with van der Waals surface area (Å²) in [7, 11) is 0. The fraction of sp³-hybridized carbons (Fsp3) is 0.368. The maximum Gasteiger partial charge on any atom is 0.282 e. The minimum Gasteiger partial charge on any atom is -0.381 e. The lowest BCUT2D eigenvalue weighted by Gasteiger charge is -2.16. The summed E-state index contributed by atoms with van der Waals surface area (Å²) in [5.41, 5.74) is 2.49. The Morgan fingerprint density at radius 3 is 2.59 bits per heavy atom. The number of nitro benzene ring substituents is 1. The lowest BCUT2D eigenvalue weighted by molar-refractivity contribution is -0.385. The van der Waals surface area contributed by atoms with Crippen molar-refractivity contribution in [2.24, 2.45) is 0 Å². The van der Waals surface area contributed by atoms with Crippen molar-refractivity contribution in [2.45, 2.75) is 33.2 Å². The first-order valence-electron chi connectivity index (χ1n) is 8.88. The Bertz CT molecular complexity index is 945. The van der Waals surface area contributed by atoms with Crippen molar-refractivity contribution in [1.29, 1.82) is 0 Å². The van der Waals surface area contributed by atoms with Gasteiger partial charge in [0.1, 0.15) is 5.56 Å². The SMILES string of the molecule is Cc1cc(C)c(CNc2ccc([N+](=O)[O-])c(C(=O)N3CCCC3)c2)c(=O)[nH]1. The minimum atomic E-state index is -0.540. The molecule has 0 atom stereocenters. The topological polar surface area (TPSA) is 108 Å². The standard InChI is InChI=1S/C19H22N4O4/c1-12-9-13(2)21-18(24)16(12)11-20-14-5-6-17(23(26)27)15(10-14)19(25)22-7-3-4-8-22/h5-6,9-10,20H,3-4,7-8,11H2,1-2H3,(H,21,24). The summed E-state index contributed by atoms with van der Waals surface area (Å²) >= 11 is 0. The molecule has 1 aliphatic rings. The van der Waals surface area contributed by atoms with Crippen LogP contribution in [0.25, 0.3) is 0 Å². The number of aromatic nitrogens is 1. The zero-order valence-electron chi connectivity index (χ0n) is 15.4. The number of H-pyrrole nitrogens is 1. The van der Waals surface area contributed by atoms with Crippen LogP contribution in [-0.4, -0.2) is 33.8 Å². The molecule has 27 heavy (non-hydrogen) atoms. The second kappa shape index (κ2) is 7.61. The van der Waals surface area contributed by atoms with Gasteiger partial charge >= 0.3 is 0 Å². The molecule has 2 N–H and O–H groups in total. The Labute approximate surface area is 156 Å². The van der Waals surface area contributed by atoms with E-state index in [4.69, 9.17) is 0 Å². The van der Waals surface area contributed by atoms with E-state index < -0.39 is 4.92 Å². The third-order valence-electron chi connectivity index (χ3n) is 4.78. The highest BCUT2D eigenvalue weighted by atomic mass is 16.6.